The number of fused-ring (bicyclic) bond motifs is 1. The number of hydrogen-bond donors (Lipinski definition) is 2. The molecule has 2 unspecified atom stereocenters. The zero-order chi connectivity index (χ0) is 13.1. The molecule has 5 heteroatoms. The first-order valence-corrected chi connectivity index (χ1v) is 6.67. The molecule has 0 spiro atoms. The summed E-state index contributed by atoms with van der Waals surface area (Å²) in [5.41, 5.74) is 1.47. The van der Waals surface area contributed by atoms with Crippen LogP contribution in [0.25, 0.3) is 11.0 Å². The molecule has 1 heterocycles. The summed E-state index contributed by atoms with van der Waals surface area (Å²) in [5.74, 6) is 0. The predicted octanol–water partition coefficient (Wildman–Crippen LogP) is 3.25. The minimum absolute atomic E-state index is 0.411. The van der Waals surface area contributed by atoms with Crippen molar-refractivity contribution >= 4 is 34.2 Å². The molecule has 1 aromatic carbocycles. The van der Waals surface area contributed by atoms with Crippen molar-refractivity contribution in [2.75, 3.05) is 6.54 Å². The van der Waals surface area contributed by atoms with E-state index in [1.54, 1.807) is 12.3 Å². The van der Waals surface area contributed by atoms with Crippen molar-refractivity contribution in [3.8, 4) is 0 Å². The maximum absolute atomic E-state index is 10.3. The molecule has 0 saturated carbocycles. The maximum atomic E-state index is 10.3. The van der Waals surface area contributed by atoms with E-state index in [1.807, 2.05) is 25.1 Å². The van der Waals surface area contributed by atoms with Gasteiger partial charge in [-0.1, -0.05) is 19.1 Å². The fraction of sp³-hybridized carbons (Fsp3) is 0.385. The van der Waals surface area contributed by atoms with Crippen LogP contribution in [0.3, 0.4) is 0 Å². The first kappa shape index (κ1) is 13.7. The lowest BCUT2D eigenvalue weighted by atomic mass is 10.0. The van der Waals surface area contributed by atoms with Gasteiger partial charge in [0, 0.05) is 5.39 Å². The van der Waals surface area contributed by atoms with Gasteiger partial charge in [-0.05, 0) is 24.2 Å². The van der Waals surface area contributed by atoms with Crippen molar-refractivity contribution in [1.29, 1.82) is 0 Å². The Hall–Kier alpha value is -0.740. The van der Waals surface area contributed by atoms with Crippen LogP contribution in [-0.4, -0.2) is 22.5 Å². The van der Waals surface area contributed by atoms with Crippen LogP contribution in [0, 0.1) is 0 Å². The van der Waals surface area contributed by atoms with E-state index in [-0.39, 0.29) is 0 Å². The lowest BCUT2D eigenvalue weighted by Crippen LogP contribution is -2.39. The molecule has 0 aliphatic heterocycles. The van der Waals surface area contributed by atoms with Crippen LogP contribution in [0.4, 0.5) is 0 Å². The summed E-state index contributed by atoms with van der Waals surface area (Å²) in [7, 11) is 0. The normalized spacial score (nSPS) is 15.2. The summed E-state index contributed by atoms with van der Waals surface area (Å²) >= 11 is 11.8. The lowest BCUT2D eigenvalue weighted by Gasteiger charge is -2.24. The van der Waals surface area contributed by atoms with E-state index in [1.165, 1.54) is 0 Å². The average Bonchev–Trinajstić information content (AvgIpc) is 2.81. The highest BCUT2D eigenvalue weighted by atomic mass is 35.5. The van der Waals surface area contributed by atoms with E-state index < -0.39 is 17.0 Å². The molecule has 0 radical (unpaired) electrons. The van der Waals surface area contributed by atoms with Crippen LogP contribution in [0.5, 0.6) is 0 Å². The quantitative estimate of drug-likeness (QED) is 0.830. The zero-order valence-corrected chi connectivity index (χ0v) is 11.4. The van der Waals surface area contributed by atoms with Crippen LogP contribution in [0.15, 0.2) is 34.9 Å². The fourth-order valence-electron chi connectivity index (χ4n) is 1.94. The molecule has 2 atom stereocenters. The Bertz CT molecular complexity index is 512. The Morgan fingerprint density at radius 3 is 2.78 bits per heavy atom. The second-order valence-corrected chi connectivity index (χ2v) is 5.24. The first-order valence-electron chi connectivity index (χ1n) is 5.80. The standard InChI is InChI=1S/C13H15Cl2NO2/c1-2-16-11(13(14)15)12(17)9-4-3-8-5-6-18-10(8)7-9/h3-7,11-13,16-17H,2H2,1H3. The number of furan rings is 1. The van der Waals surface area contributed by atoms with Crippen molar-refractivity contribution in [1.82, 2.24) is 5.32 Å². The summed E-state index contributed by atoms with van der Waals surface area (Å²) in [5, 5.41) is 14.4. The van der Waals surface area contributed by atoms with Crippen LogP contribution in [0.2, 0.25) is 0 Å². The van der Waals surface area contributed by atoms with Gasteiger partial charge in [-0.15, -0.1) is 23.2 Å². The van der Waals surface area contributed by atoms with E-state index in [2.05, 4.69) is 5.32 Å². The monoisotopic (exact) mass is 287 g/mol. The summed E-state index contributed by atoms with van der Waals surface area (Å²) in [4.78, 5) is -0.688. The van der Waals surface area contributed by atoms with Gasteiger partial charge in [0.15, 0.2) is 0 Å². The van der Waals surface area contributed by atoms with Crippen molar-refractivity contribution in [2.24, 2.45) is 0 Å². The van der Waals surface area contributed by atoms with Crippen LogP contribution < -0.4 is 5.32 Å². The number of likely N-dealkylation sites (N-methyl/N-ethyl adjacent to an activating group) is 1. The summed E-state index contributed by atoms with van der Waals surface area (Å²) < 4.78 is 5.31. The average molecular weight is 288 g/mol. The number of nitrogens with one attached hydrogen (secondary N) is 1. The Balaban J connectivity index is 2.27. The minimum Gasteiger partial charge on any atom is -0.464 e. The second-order valence-electron chi connectivity index (χ2n) is 4.08. The molecule has 3 nitrogen and oxygen atoms in total. The van der Waals surface area contributed by atoms with Crippen molar-refractivity contribution in [3.05, 3.63) is 36.1 Å². The Kier molecular flexibility index (Phi) is 4.51. The fourth-order valence-corrected chi connectivity index (χ4v) is 2.39. The molecule has 0 saturated heterocycles. The van der Waals surface area contributed by atoms with Gasteiger partial charge in [0.2, 0.25) is 0 Å². The van der Waals surface area contributed by atoms with E-state index in [4.69, 9.17) is 27.6 Å². The predicted molar refractivity (Wildman–Crippen MR) is 74.1 cm³/mol. The van der Waals surface area contributed by atoms with Crippen LogP contribution in [-0.2, 0) is 0 Å². The van der Waals surface area contributed by atoms with Crippen molar-refractivity contribution < 1.29 is 9.52 Å². The maximum Gasteiger partial charge on any atom is 0.134 e. The third kappa shape index (κ3) is 2.81. The molecule has 98 valence electrons. The molecule has 0 bridgehead atoms. The number of halogens is 2. The third-order valence-electron chi connectivity index (χ3n) is 2.87. The first-order chi connectivity index (χ1) is 8.63. The highest BCUT2D eigenvalue weighted by Gasteiger charge is 2.26. The SMILES string of the molecule is CCNC(C(Cl)Cl)C(O)c1ccc2ccoc2c1. The van der Waals surface area contributed by atoms with Crippen molar-refractivity contribution in [2.45, 2.75) is 23.9 Å². The Labute approximate surface area is 116 Å². The van der Waals surface area contributed by atoms with Crippen molar-refractivity contribution in [3.63, 3.8) is 0 Å². The van der Waals surface area contributed by atoms with E-state index >= 15 is 0 Å². The van der Waals surface area contributed by atoms with Gasteiger partial charge in [0.1, 0.15) is 10.4 Å². The van der Waals surface area contributed by atoms with Gasteiger partial charge in [0.05, 0.1) is 18.4 Å². The number of aliphatic hydroxyl groups excluding tert-OH is 1. The molecule has 0 aliphatic rings. The number of hydrogen-bond acceptors (Lipinski definition) is 3. The molecule has 0 amide bonds. The molecule has 18 heavy (non-hydrogen) atoms. The molecule has 0 aliphatic carbocycles. The molecule has 2 N–H and O–H groups in total. The van der Waals surface area contributed by atoms with Crippen LogP contribution in [0.1, 0.15) is 18.6 Å². The summed E-state index contributed by atoms with van der Waals surface area (Å²) in [6.07, 6.45) is 0.841. The molecule has 2 aromatic rings. The van der Waals surface area contributed by atoms with E-state index in [0.717, 1.165) is 16.5 Å². The highest BCUT2D eigenvalue weighted by molar-refractivity contribution is 6.44. The van der Waals surface area contributed by atoms with Gasteiger partial charge in [-0.25, -0.2) is 0 Å². The van der Waals surface area contributed by atoms with E-state index in [0.29, 0.717) is 6.54 Å². The third-order valence-corrected chi connectivity index (χ3v) is 3.42. The van der Waals surface area contributed by atoms with Gasteiger partial charge < -0.3 is 14.8 Å². The topological polar surface area (TPSA) is 45.4 Å². The highest BCUT2D eigenvalue weighted by Crippen LogP contribution is 2.26. The summed E-state index contributed by atoms with van der Waals surface area (Å²) in [6.45, 7) is 2.62. The minimum atomic E-state index is -0.778. The molecular weight excluding hydrogens is 273 g/mol. The molecule has 2 rings (SSSR count). The van der Waals surface area contributed by atoms with Gasteiger partial charge in [-0.2, -0.15) is 0 Å². The number of aliphatic hydroxyl groups is 1. The second kappa shape index (κ2) is 5.93. The number of rotatable bonds is 5. The zero-order valence-electron chi connectivity index (χ0n) is 9.94. The van der Waals surface area contributed by atoms with Gasteiger partial charge >= 0.3 is 0 Å². The van der Waals surface area contributed by atoms with E-state index in [9.17, 15) is 5.11 Å². The smallest absolute Gasteiger partial charge is 0.134 e. The van der Waals surface area contributed by atoms with Gasteiger partial charge in [-0.3, -0.25) is 0 Å². The Morgan fingerprint density at radius 1 is 1.33 bits per heavy atom. The number of benzene rings is 1. The van der Waals surface area contributed by atoms with Crippen LogP contribution >= 0.6 is 23.2 Å². The number of alkyl halides is 2. The molecule has 0 fully saturated rings. The molecule has 1 aromatic heterocycles. The van der Waals surface area contributed by atoms with Gasteiger partial charge in [0.25, 0.3) is 0 Å². The molecular formula is C13H15Cl2NO2. The summed E-state index contributed by atoms with van der Waals surface area (Å²) in [6, 6.07) is 7.02. The largest absolute Gasteiger partial charge is 0.464 e. The lowest BCUT2D eigenvalue weighted by molar-refractivity contribution is 0.135. The Morgan fingerprint density at radius 2 is 2.11 bits per heavy atom.